The van der Waals surface area contributed by atoms with Gasteiger partial charge in [0, 0.05) is 24.8 Å². The summed E-state index contributed by atoms with van der Waals surface area (Å²) >= 11 is 0. The van der Waals surface area contributed by atoms with E-state index in [2.05, 4.69) is 25.0 Å². The number of benzene rings is 3. The predicted octanol–water partition coefficient (Wildman–Crippen LogP) is 3.81. The number of aliphatic hydroxyl groups is 1. The Hall–Kier alpha value is -3.81. The van der Waals surface area contributed by atoms with Crippen molar-refractivity contribution in [3.8, 4) is 11.6 Å². The minimum absolute atomic E-state index is 0.154. The first-order valence-corrected chi connectivity index (χ1v) is 12.5. The van der Waals surface area contributed by atoms with Gasteiger partial charge in [0.25, 0.3) is 10.0 Å². The van der Waals surface area contributed by atoms with Crippen molar-refractivity contribution in [3.63, 3.8) is 0 Å². The van der Waals surface area contributed by atoms with Crippen molar-refractivity contribution in [2.24, 2.45) is 0 Å². The van der Waals surface area contributed by atoms with Gasteiger partial charge in [-0.3, -0.25) is 9.82 Å². The minimum Gasteiger partial charge on any atom is -0.492 e. The number of nitrogens with zero attached hydrogens (tertiary/aromatic N) is 1. The molecular weight excluding hydrogens is 513 g/mol. The van der Waals surface area contributed by atoms with Gasteiger partial charge in [-0.2, -0.15) is 8.78 Å². The van der Waals surface area contributed by atoms with Crippen LogP contribution in [0, 0.1) is 5.82 Å². The van der Waals surface area contributed by atoms with Gasteiger partial charge in [-0.1, -0.05) is 24.3 Å². The molecule has 13 heteroatoms. The van der Waals surface area contributed by atoms with Gasteiger partial charge in [0.15, 0.2) is 0 Å². The summed E-state index contributed by atoms with van der Waals surface area (Å²) in [6.45, 7) is -2.21. The van der Waals surface area contributed by atoms with E-state index in [9.17, 15) is 26.7 Å². The van der Waals surface area contributed by atoms with Crippen LogP contribution in [0.4, 0.5) is 18.9 Å². The maximum atomic E-state index is 13.9. The number of rotatable bonds is 12. The lowest BCUT2D eigenvalue weighted by atomic mass is 10.1. The number of alkyl halides is 2. The fourth-order valence-corrected chi connectivity index (χ4v) is 4.65. The number of aliphatic hydroxyl groups excluding tert-OH is 1. The van der Waals surface area contributed by atoms with Crippen LogP contribution in [-0.4, -0.2) is 50.0 Å². The molecule has 0 saturated heterocycles. The summed E-state index contributed by atoms with van der Waals surface area (Å²) in [5, 5.41) is 20.2. The summed E-state index contributed by atoms with van der Waals surface area (Å²) < 4.78 is 76.0. The van der Waals surface area contributed by atoms with Crippen molar-refractivity contribution in [1.82, 2.24) is 15.5 Å². The second kappa shape index (κ2) is 11.5. The van der Waals surface area contributed by atoms with Crippen LogP contribution < -0.4 is 19.5 Å². The molecule has 0 unspecified atom stereocenters. The Bertz CT molecular complexity index is 1470. The molecule has 4 N–H and O–H groups in total. The second-order valence-corrected chi connectivity index (χ2v) is 9.50. The highest BCUT2D eigenvalue weighted by Crippen LogP contribution is 2.27. The van der Waals surface area contributed by atoms with Gasteiger partial charge < -0.3 is 19.9 Å². The highest BCUT2D eigenvalue weighted by atomic mass is 32.2. The van der Waals surface area contributed by atoms with Crippen LogP contribution in [0.25, 0.3) is 10.9 Å². The fraction of sp³-hybridized carbons (Fsp3) is 0.208. The summed E-state index contributed by atoms with van der Waals surface area (Å²) in [5.74, 6) is -0.583. The van der Waals surface area contributed by atoms with Gasteiger partial charge in [0.2, 0.25) is 5.88 Å². The smallest absolute Gasteiger partial charge is 0.388 e. The van der Waals surface area contributed by atoms with Crippen molar-refractivity contribution in [2.45, 2.75) is 17.6 Å². The predicted molar refractivity (Wildman–Crippen MR) is 130 cm³/mol. The Morgan fingerprint density at radius 2 is 1.86 bits per heavy atom. The summed E-state index contributed by atoms with van der Waals surface area (Å²) in [5.41, 5.74) is 1.11. The molecule has 0 aliphatic rings. The number of aromatic amines is 1. The third kappa shape index (κ3) is 6.70. The number of fused-ring (bicyclic) bond motifs is 1. The lowest BCUT2D eigenvalue weighted by Gasteiger charge is -2.15. The highest BCUT2D eigenvalue weighted by molar-refractivity contribution is 7.92. The minimum atomic E-state index is -4.14. The molecule has 4 aromatic rings. The molecule has 196 valence electrons. The molecule has 0 bridgehead atoms. The Morgan fingerprint density at radius 1 is 1.05 bits per heavy atom. The molecule has 3 aromatic carbocycles. The average Bonchev–Trinajstić information content (AvgIpc) is 3.25. The molecule has 0 radical (unpaired) electrons. The third-order valence-electron chi connectivity index (χ3n) is 5.24. The number of ether oxygens (including phenoxy) is 2. The lowest BCUT2D eigenvalue weighted by molar-refractivity contribution is -0.0518. The van der Waals surface area contributed by atoms with Crippen molar-refractivity contribution in [3.05, 3.63) is 78.1 Å². The summed E-state index contributed by atoms with van der Waals surface area (Å²) in [4.78, 5) is -0.476. The average molecular weight is 537 g/mol. The number of halogens is 3. The van der Waals surface area contributed by atoms with Crippen LogP contribution in [0.2, 0.25) is 0 Å². The zero-order valence-electron chi connectivity index (χ0n) is 19.2. The van der Waals surface area contributed by atoms with Gasteiger partial charge in [0.1, 0.15) is 23.1 Å². The first-order chi connectivity index (χ1) is 17.7. The van der Waals surface area contributed by atoms with E-state index in [1.165, 1.54) is 24.3 Å². The number of H-pyrrole nitrogens is 1. The summed E-state index contributed by atoms with van der Waals surface area (Å²) in [7, 11) is -4.14. The molecule has 4 rings (SSSR count). The monoisotopic (exact) mass is 536 g/mol. The van der Waals surface area contributed by atoms with E-state index in [0.717, 1.165) is 12.1 Å². The maximum Gasteiger partial charge on any atom is 0.388 e. The van der Waals surface area contributed by atoms with Crippen LogP contribution in [0.1, 0.15) is 11.7 Å². The van der Waals surface area contributed by atoms with Crippen LogP contribution in [0.3, 0.4) is 0 Å². The first-order valence-electron chi connectivity index (χ1n) is 11.0. The molecule has 9 nitrogen and oxygen atoms in total. The number of hydrogen-bond donors (Lipinski definition) is 4. The standard InChI is InChI=1S/C24H23F3N4O5S/c25-19-6-1-2-7-22(19)37(33,34)31-16-5-3-4-15(12-16)21(32)14-28-10-11-35-17-8-9-18-20(13-17)29-30-23(18)36-24(26)27/h1-9,12-13,21,24,28,31-32H,10-11,14H2,(H,29,30)/t21-/m0/s1. The van der Waals surface area contributed by atoms with Crippen LogP contribution in [-0.2, 0) is 10.0 Å². The fourth-order valence-electron chi connectivity index (χ4n) is 3.52. The molecule has 0 amide bonds. The zero-order valence-corrected chi connectivity index (χ0v) is 20.0. The number of hydrogen-bond acceptors (Lipinski definition) is 7. The number of anilines is 1. The highest BCUT2D eigenvalue weighted by Gasteiger charge is 2.19. The Kier molecular flexibility index (Phi) is 8.16. The summed E-state index contributed by atoms with van der Waals surface area (Å²) in [6, 6.07) is 16.0. The maximum absolute atomic E-state index is 13.9. The second-order valence-electron chi connectivity index (χ2n) is 7.84. The van der Waals surface area contributed by atoms with E-state index in [0.29, 0.717) is 28.8 Å². The zero-order chi connectivity index (χ0) is 26.4. The van der Waals surface area contributed by atoms with Gasteiger partial charge in [-0.15, -0.1) is 5.10 Å². The van der Waals surface area contributed by atoms with E-state index in [1.807, 2.05) is 0 Å². The Balaban J connectivity index is 1.26. The lowest BCUT2D eigenvalue weighted by Crippen LogP contribution is -2.26. The van der Waals surface area contributed by atoms with E-state index in [-0.39, 0.29) is 24.7 Å². The van der Waals surface area contributed by atoms with Gasteiger partial charge in [-0.25, -0.2) is 12.8 Å². The van der Waals surface area contributed by atoms with Crippen molar-refractivity contribution in [1.29, 1.82) is 0 Å². The molecule has 0 saturated carbocycles. The van der Waals surface area contributed by atoms with E-state index < -0.39 is 33.5 Å². The van der Waals surface area contributed by atoms with E-state index in [4.69, 9.17) is 4.74 Å². The molecule has 1 aromatic heterocycles. The Morgan fingerprint density at radius 3 is 2.65 bits per heavy atom. The van der Waals surface area contributed by atoms with Crippen molar-refractivity contribution < 1.29 is 36.2 Å². The molecule has 1 heterocycles. The Labute approximate surface area is 210 Å². The number of aromatic nitrogens is 2. The molecule has 37 heavy (non-hydrogen) atoms. The number of sulfonamides is 1. The van der Waals surface area contributed by atoms with Crippen LogP contribution in [0.5, 0.6) is 11.6 Å². The summed E-state index contributed by atoms with van der Waals surface area (Å²) in [6.07, 6.45) is -0.951. The molecule has 0 aliphatic carbocycles. The molecule has 1 atom stereocenters. The molecule has 0 spiro atoms. The molecule has 0 fully saturated rings. The van der Waals surface area contributed by atoms with Gasteiger partial charge in [-0.05, 0) is 42.0 Å². The quantitative estimate of drug-likeness (QED) is 0.203. The van der Waals surface area contributed by atoms with Gasteiger partial charge in [0.05, 0.1) is 17.0 Å². The topological polar surface area (TPSA) is 126 Å². The third-order valence-corrected chi connectivity index (χ3v) is 6.65. The van der Waals surface area contributed by atoms with Crippen LogP contribution >= 0.6 is 0 Å². The SMILES string of the molecule is O=S(=O)(Nc1cccc([C@@H](O)CNCCOc2ccc3c(OC(F)F)n[nH]c3c2)c1)c1ccccc1F. The van der Waals surface area contributed by atoms with Crippen LogP contribution in [0.15, 0.2) is 71.6 Å². The van der Waals surface area contributed by atoms with Crippen molar-refractivity contribution in [2.75, 3.05) is 24.4 Å². The molecule has 0 aliphatic heterocycles. The van der Waals surface area contributed by atoms with E-state index >= 15 is 0 Å². The van der Waals surface area contributed by atoms with Gasteiger partial charge >= 0.3 is 6.61 Å². The van der Waals surface area contributed by atoms with Crippen molar-refractivity contribution >= 4 is 26.6 Å². The first kappa shape index (κ1) is 26.3. The largest absolute Gasteiger partial charge is 0.492 e. The molecular formula is C24H23F3N4O5S. The van der Waals surface area contributed by atoms with E-state index in [1.54, 1.807) is 30.3 Å². The number of nitrogens with one attached hydrogen (secondary N) is 3. The normalized spacial score (nSPS) is 12.6.